The Morgan fingerprint density at radius 3 is 2.75 bits per heavy atom. The summed E-state index contributed by atoms with van der Waals surface area (Å²) in [7, 11) is 0. The Hall–Kier alpha value is -3.71. The van der Waals surface area contributed by atoms with Crippen molar-refractivity contribution >= 4 is 17.9 Å². The summed E-state index contributed by atoms with van der Waals surface area (Å²) < 4.78 is 5.88. The first-order valence-electron chi connectivity index (χ1n) is 8.72. The van der Waals surface area contributed by atoms with E-state index in [0.29, 0.717) is 13.0 Å². The van der Waals surface area contributed by atoms with Crippen molar-refractivity contribution in [3.05, 3.63) is 89.2 Å². The number of rotatable bonds is 8. The number of hydrogen-bond donors (Lipinski definition) is 4. The number of ether oxygens (including phenoxy) is 1. The van der Waals surface area contributed by atoms with Crippen LogP contribution in [0.15, 0.2) is 72.0 Å². The molecule has 2 aromatic carbocycles. The van der Waals surface area contributed by atoms with E-state index >= 15 is 0 Å². The fraction of sp³-hybridized carbons (Fsp3) is 0.0952. The highest BCUT2D eigenvalue weighted by atomic mass is 16.5. The molecule has 0 atom stereocenters. The maximum atomic E-state index is 7.08. The molecular weight excluding hydrogens is 352 g/mol. The number of hydrazine groups is 1. The Kier molecular flexibility index (Phi) is 6.33. The molecular formula is C21H22N6O. The number of aromatic nitrogens is 1. The van der Waals surface area contributed by atoms with Gasteiger partial charge in [-0.3, -0.25) is 16.2 Å². The number of benzene rings is 2. The normalized spacial score (nSPS) is 11.1. The molecule has 0 aliphatic carbocycles. The van der Waals surface area contributed by atoms with Gasteiger partial charge >= 0.3 is 0 Å². The van der Waals surface area contributed by atoms with Crippen molar-refractivity contribution in [3.8, 4) is 5.75 Å². The molecule has 0 fully saturated rings. The van der Waals surface area contributed by atoms with Crippen LogP contribution < -0.4 is 21.7 Å². The van der Waals surface area contributed by atoms with Gasteiger partial charge in [-0.1, -0.05) is 18.2 Å². The molecule has 0 aliphatic heterocycles. The van der Waals surface area contributed by atoms with Gasteiger partial charge < -0.3 is 15.9 Å². The minimum absolute atomic E-state index is 0.286. The van der Waals surface area contributed by atoms with Crippen molar-refractivity contribution in [1.29, 1.82) is 5.41 Å². The van der Waals surface area contributed by atoms with Gasteiger partial charge in [-0.05, 0) is 53.9 Å². The summed E-state index contributed by atoms with van der Waals surface area (Å²) in [6, 6.07) is 17.3. The molecule has 0 saturated carbocycles. The number of nitrogens with one attached hydrogen (secondary N) is 2. The second-order valence-corrected chi connectivity index (χ2v) is 6.13. The first-order chi connectivity index (χ1) is 13.7. The molecule has 28 heavy (non-hydrogen) atoms. The molecule has 3 aromatic rings. The zero-order chi connectivity index (χ0) is 19.8. The van der Waals surface area contributed by atoms with Crippen molar-refractivity contribution < 1.29 is 4.74 Å². The first kappa shape index (κ1) is 19.1. The number of nitrogens with two attached hydrogens (primary N) is 2. The predicted molar refractivity (Wildman–Crippen MR) is 112 cm³/mol. The van der Waals surface area contributed by atoms with Crippen LogP contribution in [0.3, 0.4) is 0 Å². The van der Waals surface area contributed by atoms with E-state index in [0.717, 1.165) is 40.0 Å². The molecule has 0 amide bonds. The zero-order valence-corrected chi connectivity index (χ0v) is 15.3. The van der Waals surface area contributed by atoms with Crippen LogP contribution in [-0.2, 0) is 13.0 Å². The highest BCUT2D eigenvalue weighted by Gasteiger charge is 2.08. The number of nitrogen functional groups attached to an aromatic ring is 1. The van der Waals surface area contributed by atoms with Crippen molar-refractivity contribution in [2.24, 2.45) is 16.6 Å². The summed E-state index contributed by atoms with van der Waals surface area (Å²) in [5.41, 5.74) is 13.2. The van der Waals surface area contributed by atoms with Gasteiger partial charge in [-0.2, -0.15) is 0 Å². The molecule has 7 heteroatoms. The maximum absolute atomic E-state index is 7.08. The Bertz CT molecular complexity index is 972. The van der Waals surface area contributed by atoms with Gasteiger partial charge in [-0.25, -0.2) is 4.99 Å². The van der Waals surface area contributed by atoms with Gasteiger partial charge in [0.15, 0.2) is 0 Å². The zero-order valence-electron chi connectivity index (χ0n) is 15.3. The number of pyridine rings is 1. The van der Waals surface area contributed by atoms with Crippen LogP contribution >= 0.6 is 0 Å². The third-order valence-corrected chi connectivity index (χ3v) is 4.18. The van der Waals surface area contributed by atoms with E-state index in [2.05, 4.69) is 15.4 Å². The van der Waals surface area contributed by atoms with Gasteiger partial charge in [0.05, 0.1) is 5.69 Å². The van der Waals surface area contributed by atoms with Crippen molar-refractivity contribution in [2.45, 2.75) is 13.0 Å². The minimum Gasteiger partial charge on any atom is -0.489 e. The lowest BCUT2D eigenvalue weighted by Gasteiger charge is -2.12. The summed E-state index contributed by atoms with van der Waals surface area (Å²) in [4.78, 5) is 7.92. The molecule has 0 bridgehead atoms. The Balaban J connectivity index is 1.78. The largest absolute Gasteiger partial charge is 0.489 e. The molecule has 1 aromatic heterocycles. The molecule has 142 valence electrons. The lowest BCUT2D eigenvalue weighted by Crippen LogP contribution is -2.15. The molecule has 7 nitrogen and oxygen atoms in total. The van der Waals surface area contributed by atoms with E-state index in [-0.39, 0.29) is 5.84 Å². The Morgan fingerprint density at radius 2 is 2.00 bits per heavy atom. The number of nitrogens with zero attached hydrogens (tertiary/aromatic N) is 2. The van der Waals surface area contributed by atoms with Crippen LogP contribution in [0, 0.1) is 5.41 Å². The topological polar surface area (TPSA) is 122 Å². The fourth-order valence-corrected chi connectivity index (χ4v) is 2.80. The average Bonchev–Trinajstić information content (AvgIpc) is 2.73. The lowest BCUT2D eigenvalue weighted by molar-refractivity contribution is 0.305. The molecule has 0 spiro atoms. The number of anilines is 1. The molecule has 0 unspecified atom stereocenters. The van der Waals surface area contributed by atoms with E-state index in [1.165, 1.54) is 0 Å². The molecule has 0 aliphatic rings. The molecule has 1 heterocycles. The first-order valence-corrected chi connectivity index (χ1v) is 8.72. The average molecular weight is 374 g/mol. The minimum atomic E-state index is 0.286. The van der Waals surface area contributed by atoms with E-state index in [4.69, 9.17) is 21.7 Å². The lowest BCUT2D eigenvalue weighted by atomic mass is 10.0. The van der Waals surface area contributed by atoms with Crippen LogP contribution in [0.4, 0.5) is 5.69 Å². The smallest absolute Gasteiger partial charge is 0.132 e. The van der Waals surface area contributed by atoms with Crippen molar-refractivity contribution in [3.63, 3.8) is 0 Å². The highest BCUT2D eigenvalue weighted by molar-refractivity contribution is 6.01. The molecule has 3 rings (SSSR count). The van der Waals surface area contributed by atoms with Gasteiger partial charge in [0, 0.05) is 23.5 Å². The maximum Gasteiger partial charge on any atom is 0.132 e. The Morgan fingerprint density at radius 1 is 1.14 bits per heavy atom. The van der Waals surface area contributed by atoms with Gasteiger partial charge in [0.25, 0.3) is 0 Å². The number of amidine groups is 1. The van der Waals surface area contributed by atoms with Crippen LogP contribution in [0.1, 0.15) is 22.3 Å². The summed E-state index contributed by atoms with van der Waals surface area (Å²) in [6.45, 7) is 0.457. The SMILES string of the molecule is N=CN=C(N)c1ccc(NN)c(Cc2cccc(OCc3cccnc3)c2)c1. The fourth-order valence-electron chi connectivity index (χ4n) is 2.80. The molecule has 0 radical (unpaired) electrons. The number of aliphatic imine (C=N–C) groups is 1. The summed E-state index contributed by atoms with van der Waals surface area (Å²) in [5, 5.41) is 7.08. The van der Waals surface area contributed by atoms with Gasteiger partial charge in [-0.15, -0.1) is 0 Å². The number of hydrogen-bond acceptors (Lipinski definition) is 5. The van der Waals surface area contributed by atoms with E-state index in [1.54, 1.807) is 12.4 Å². The molecule has 0 saturated heterocycles. The van der Waals surface area contributed by atoms with E-state index in [9.17, 15) is 0 Å². The third kappa shape index (κ3) is 4.93. The van der Waals surface area contributed by atoms with Crippen LogP contribution in [0.25, 0.3) is 0 Å². The Labute approximate surface area is 163 Å². The molecule has 6 N–H and O–H groups in total. The summed E-state index contributed by atoms with van der Waals surface area (Å²) in [6.07, 6.45) is 5.08. The highest BCUT2D eigenvalue weighted by Crippen LogP contribution is 2.23. The van der Waals surface area contributed by atoms with E-state index < -0.39 is 0 Å². The summed E-state index contributed by atoms with van der Waals surface area (Å²) in [5.74, 6) is 6.72. The van der Waals surface area contributed by atoms with Crippen molar-refractivity contribution in [2.75, 3.05) is 5.43 Å². The predicted octanol–water partition coefficient (Wildman–Crippen LogP) is 2.85. The second-order valence-electron chi connectivity index (χ2n) is 6.13. The quantitative estimate of drug-likeness (QED) is 0.209. The summed E-state index contributed by atoms with van der Waals surface area (Å²) >= 11 is 0. The van der Waals surface area contributed by atoms with Crippen molar-refractivity contribution in [1.82, 2.24) is 4.98 Å². The standard InChI is InChI=1S/C21H22N6O/c22-14-26-21(23)17-6-7-20(27-24)18(11-17)9-15-3-1-5-19(10-15)28-13-16-4-2-8-25-12-16/h1-8,10-12,14,27H,9,13,24H2,(H3,22,23,26). The monoisotopic (exact) mass is 374 g/mol. The van der Waals surface area contributed by atoms with Gasteiger partial charge in [0.1, 0.15) is 24.5 Å². The van der Waals surface area contributed by atoms with Crippen LogP contribution in [-0.4, -0.2) is 17.2 Å². The van der Waals surface area contributed by atoms with Crippen LogP contribution in [0.2, 0.25) is 0 Å². The van der Waals surface area contributed by atoms with Crippen LogP contribution in [0.5, 0.6) is 5.75 Å². The van der Waals surface area contributed by atoms with E-state index in [1.807, 2.05) is 54.6 Å². The third-order valence-electron chi connectivity index (χ3n) is 4.18. The van der Waals surface area contributed by atoms with Gasteiger partial charge in [0.2, 0.25) is 0 Å². The second kappa shape index (κ2) is 9.29.